The predicted octanol–water partition coefficient (Wildman–Crippen LogP) is 1.68. The molecule has 0 bridgehead atoms. The first kappa shape index (κ1) is 16.2. The molecule has 0 saturated heterocycles. The van der Waals surface area contributed by atoms with Crippen molar-refractivity contribution in [3.8, 4) is 23.3 Å². The Balaban J connectivity index is 2.26. The second-order valence-corrected chi connectivity index (χ2v) is 4.42. The number of ether oxygens (including phenoxy) is 3. The maximum Gasteiger partial charge on any atom is 0.257 e. The number of carbonyl (C=O) groups excluding carboxylic acids is 1. The van der Waals surface area contributed by atoms with Gasteiger partial charge in [0.25, 0.3) is 5.91 Å². The number of nitrogens with one attached hydrogen (secondary N) is 1. The van der Waals surface area contributed by atoms with E-state index in [-0.39, 0.29) is 12.5 Å². The zero-order valence-electron chi connectivity index (χ0n) is 13.0. The van der Waals surface area contributed by atoms with E-state index in [0.29, 0.717) is 28.6 Å². The lowest BCUT2D eigenvalue weighted by atomic mass is 10.1. The topological polar surface area (TPSA) is 98.4 Å². The van der Waals surface area contributed by atoms with Gasteiger partial charge in [-0.25, -0.2) is 0 Å². The highest BCUT2D eigenvalue weighted by Gasteiger charge is 2.17. The number of anilines is 1. The van der Waals surface area contributed by atoms with Crippen LogP contribution in [0.25, 0.3) is 0 Å². The van der Waals surface area contributed by atoms with Crippen LogP contribution in [0.2, 0.25) is 0 Å². The first-order valence-corrected chi connectivity index (χ1v) is 6.64. The Morgan fingerprint density at radius 2 is 1.91 bits per heavy atom. The van der Waals surface area contributed by atoms with Gasteiger partial charge in [0.15, 0.2) is 17.3 Å². The Labute approximate surface area is 133 Å². The van der Waals surface area contributed by atoms with Crippen molar-refractivity contribution in [2.24, 2.45) is 0 Å². The highest BCUT2D eigenvalue weighted by molar-refractivity contribution is 6.04. The lowest BCUT2D eigenvalue weighted by Gasteiger charge is -2.13. The molecule has 0 atom stereocenters. The lowest BCUT2D eigenvalue weighted by molar-refractivity contribution is 0.102. The average Bonchev–Trinajstić information content (AvgIpc) is 3.00. The van der Waals surface area contributed by atoms with Crippen molar-refractivity contribution in [2.45, 2.75) is 6.54 Å². The number of amides is 1. The smallest absolute Gasteiger partial charge is 0.257 e. The summed E-state index contributed by atoms with van der Waals surface area (Å²) < 4.78 is 17.1. The molecule has 0 fully saturated rings. The molecule has 0 unspecified atom stereocenters. The molecule has 2 rings (SSSR count). The molecule has 0 radical (unpaired) electrons. The minimum Gasteiger partial charge on any atom is -0.493 e. The van der Waals surface area contributed by atoms with Crippen LogP contribution in [-0.4, -0.2) is 37.0 Å². The fourth-order valence-corrected chi connectivity index (χ4v) is 1.99. The number of methoxy groups -OCH3 is 3. The summed E-state index contributed by atoms with van der Waals surface area (Å²) in [5, 5.41) is 15.3. The third-order valence-electron chi connectivity index (χ3n) is 3.04. The van der Waals surface area contributed by atoms with Crippen LogP contribution < -0.4 is 19.5 Å². The van der Waals surface area contributed by atoms with Gasteiger partial charge in [0.05, 0.1) is 27.4 Å². The molecule has 8 nitrogen and oxygen atoms in total. The maximum atomic E-state index is 12.3. The van der Waals surface area contributed by atoms with Gasteiger partial charge in [-0.05, 0) is 12.1 Å². The summed E-state index contributed by atoms with van der Waals surface area (Å²) in [6.07, 6.45) is 1.61. The number of benzene rings is 1. The monoisotopic (exact) mass is 316 g/mol. The average molecular weight is 316 g/mol. The van der Waals surface area contributed by atoms with Crippen molar-refractivity contribution < 1.29 is 19.0 Å². The third kappa shape index (κ3) is 3.52. The van der Waals surface area contributed by atoms with E-state index in [1.54, 1.807) is 24.4 Å². The Morgan fingerprint density at radius 1 is 1.26 bits per heavy atom. The number of rotatable bonds is 6. The van der Waals surface area contributed by atoms with Crippen LogP contribution in [0.1, 0.15) is 10.4 Å². The number of aromatic nitrogens is 2. The van der Waals surface area contributed by atoms with Gasteiger partial charge in [0, 0.05) is 17.8 Å². The Morgan fingerprint density at radius 3 is 2.43 bits per heavy atom. The highest BCUT2D eigenvalue weighted by atomic mass is 16.5. The number of nitriles is 1. The molecule has 0 aliphatic rings. The van der Waals surface area contributed by atoms with E-state index in [2.05, 4.69) is 10.4 Å². The summed E-state index contributed by atoms with van der Waals surface area (Å²) in [7, 11) is 4.44. The van der Waals surface area contributed by atoms with Gasteiger partial charge in [-0.2, -0.15) is 10.4 Å². The maximum absolute atomic E-state index is 12.3. The van der Waals surface area contributed by atoms with Crippen LogP contribution in [0.4, 0.5) is 5.82 Å². The minimum absolute atomic E-state index is 0.111. The van der Waals surface area contributed by atoms with E-state index in [9.17, 15) is 4.79 Å². The van der Waals surface area contributed by atoms with Gasteiger partial charge in [-0.3, -0.25) is 9.48 Å². The molecule has 0 spiro atoms. The molecule has 23 heavy (non-hydrogen) atoms. The number of hydrogen-bond acceptors (Lipinski definition) is 6. The summed E-state index contributed by atoms with van der Waals surface area (Å²) in [4.78, 5) is 12.3. The van der Waals surface area contributed by atoms with Gasteiger partial charge in [0.1, 0.15) is 6.54 Å². The summed E-state index contributed by atoms with van der Waals surface area (Å²) in [6, 6.07) is 6.66. The second kappa shape index (κ2) is 7.17. The molecule has 0 aliphatic carbocycles. The van der Waals surface area contributed by atoms with Crippen LogP contribution in [-0.2, 0) is 6.54 Å². The van der Waals surface area contributed by atoms with E-state index in [1.807, 2.05) is 6.07 Å². The summed E-state index contributed by atoms with van der Waals surface area (Å²) in [6.45, 7) is 0.111. The molecule has 1 heterocycles. The normalized spacial score (nSPS) is 9.83. The quantitative estimate of drug-likeness (QED) is 0.870. The molecule has 1 N–H and O–H groups in total. The van der Waals surface area contributed by atoms with E-state index in [4.69, 9.17) is 19.5 Å². The molecule has 1 aromatic heterocycles. The van der Waals surface area contributed by atoms with Crippen LogP contribution in [0.15, 0.2) is 24.4 Å². The fraction of sp³-hybridized carbons (Fsp3) is 0.267. The van der Waals surface area contributed by atoms with Crippen molar-refractivity contribution in [3.63, 3.8) is 0 Å². The standard InChI is InChI=1S/C15H16N4O4/c1-21-11-8-10(9-12(22-2)14(11)23-3)15(20)17-13-4-6-19(18-13)7-5-16/h4,6,8-9H,7H2,1-3H3,(H,17,18,20). The molecule has 0 saturated carbocycles. The van der Waals surface area contributed by atoms with Crippen molar-refractivity contribution in [2.75, 3.05) is 26.6 Å². The minimum atomic E-state index is -0.383. The van der Waals surface area contributed by atoms with E-state index < -0.39 is 0 Å². The Bertz CT molecular complexity index is 723. The zero-order chi connectivity index (χ0) is 16.8. The zero-order valence-corrected chi connectivity index (χ0v) is 13.0. The Hall–Kier alpha value is -3.21. The molecular weight excluding hydrogens is 300 g/mol. The molecule has 1 aromatic carbocycles. The predicted molar refractivity (Wildman–Crippen MR) is 81.9 cm³/mol. The SMILES string of the molecule is COc1cc(C(=O)Nc2ccn(CC#N)n2)cc(OC)c1OC. The van der Waals surface area contributed by atoms with E-state index >= 15 is 0 Å². The van der Waals surface area contributed by atoms with Crippen LogP contribution in [0.5, 0.6) is 17.2 Å². The third-order valence-corrected chi connectivity index (χ3v) is 3.04. The van der Waals surface area contributed by atoms with E-state index in [0.717, 1.165) is 0 Å². The van der Waals surface area contributed by atoms with Gasteiger partial charge in [-0.15, -0.1) is 0 Å². The summed E-state index contributed by atoms with van der Waals surface area (Å²) >= 11 is 0. The fourth-order valence-electron chi connectivity index (χ4n) is 1.99. The van der Waals surface area contributed by atoms with Gasteiger partial charge in [-0.1, -0.05) is 0 Å². The summed E-state index contributed by atoms with van der Waals surface area (Å²) in [5.41, 5.74) is 0.328. The molecule has 0 aliphatic heterocycles. The first-order valence-electron chi connectivity index (χ1n) is 6.64. The summed E-state index contributed by atoms with van der Waals surface area (Å²) in [5.74, 6) is 1.13. The lowest BCUT2D eigenvalue weighted by Crippen LogP contribution is -2.13. The molecule has 1 amide bonds. The second-order valence-electron chi connectivity index (χ2n) is 4.42. The largest absolute Gasteiger partial charge is 0.493 e. The van der Waals surface area contributed by atoms with Gasteiger partial charge < -0.3 is 19.5 Å². The van der Waals surface area contributed by atoms with Gasteiger partial charge >= 0.3 is 0 Å². The number of nitrogens with zero attached hydrogens (tertiary/aromatic N) is 3. The van der Waals surface area contributed by atoms with Gasteiger partial charge in [0.2, 0.25) is 5.75 Å². The van der Waals surface area contributed by atoms with Crippen molar-refractivity contribution >= 4 is 11.7 Å². The highest BCUT2D eigenvalue weighted by Crippen LogP contribution is 2.38. The van der Waals surface area contributed by atoms with Crippen LogP contribution in [0, 0.1) is 11.3 Å². The number of hydrogen-bond donors (Lipinski definition) is 1. The van der Waals surface area contributed by atoms with E-state index in [1.165, 1.54) is 26.0 Å². The molecule has 2 aromatic rings. The molecule has 120 valence electrons. The van der Waals surface area contributed by atoms with Crippen LogP contribution >= 0.6 is 0 Å². The first-order chi connectivity index (χ1) is 11.1. The van der Waals surface area contributed by atoms with Crippen molar-refractivity contribution in [1.29, 1.82) is 5.26 Å². The van der Waals surface area contributed by atoms with Crippen molar-refractivity contribution in [3.05, 3.63) is 30.0 Å². The van der Waals surface area contributed by atoms with Crippen LogP contribution in [0.3, 0.4) is 0 Å². The number of carbonyl (C=O) groups is 1. The molecule has 8 heteroatoms. The Kier molecular flexibility index (Phi) is 5.04. The van der Waals surface area contributed by atoms with Crippen molar-refractivity contribution in [1.82, 2.24) is 9.78 Å². The molecular formula is C15H16N4O4.